The summed E-state index contributed by atoms with van der Waals surface area (Å²) in [6.45, 7) is 0.116. The quantitative estimate of drug-likeness (QED) is 0.0675. The first-order chi connectivity index (χ1) is 20.0. The minimum atomic E-state index is -0.633. The van der Waals surface area contributed by atoms with E-state index < -0.39 is 17.8 Å². The number of benzene rings is 4. The van der Waals surface area contributed by atoms with Gasteiger partial charge in [0.1, 0.15) is 11.4 Å². The smallest absolute Gasteiger partial charge is 0.344 e. The van der Waals surface area contributed by atoms with Crippen molar-refractivity contribution in [1.29, 1.82) is 0 Å². The summed E-state index contributed by atoms with van der Waals surface area (Å²) in [5, 5.41) is 6.68. The molecule has 10 heteroatoms. The molecule has 0 fully saturated rings. The zero-order valence-electron chi connectivity index (χ0n) is 21.4. The van der Waals surface area contributed by atoms with Crippen molar-refractivity contribution in [3.63, 3.8) is 0 Å². The molecular formula is C31H22IN3O6. The van der Waals surface area contributed by atoms with Crippen LogP contribution in [0.25, 0.3) is 6.08 Å². The van der Waals surface area contributed by atoms with E-state index in [4.69, 9.17) is 14.2 Å². The molecule has 0 aliphatic carbocycles. The second-order valence-electron chi connectivity index (χ2n) is 8.63. The number of esters is 1. The number of nitrogens with one attached hydrogen (secondary N) is 2. The normalized spacial score (nSPS) is 12.2. The van der Waals surface area contributed by atoms with Gasteiger partial charge in [0.2, 0.25) is 6.79 Å². The van der Waals surface area contributed by atoms with Crippen molar-refractivity contribution in [1.82, 2.24) is 10.7 Å². The average Bonchev–Trinajstić information content (AvgIpc) is 3.46. The van der Waals surface area contributed by atoms with Crippen LogP contribution in [0.5, 0.6) is 17.2 Å². The minimum absolute atomic E-state index is 0.0207. The molecule has 0 saturated heterocycles. The molecule has 0 spiro atoms. The van der Waals surface area contributed by atoms with E-state index in [0.717, 1.165) is 3.57 Å². The molecule has 2 amide bonds. The summed E-state index contributed by atoms with van der Waals surface area (Å²) in [5.41, 5.74) is 4.55. The number of nitrogens with zero attached hydrogens (tertiary/aromatic N) is 1. The van der Waals surface area contributed by atoms with E-state index in [1.54, 1.807) is 84.9 Å². The van der Waals surface area contributed by atoms with E-state index >= 15 is 0 Å². The van der Waals surface area contributed by atoms with E-state index in [1.165, 1.54) is 12.3 Å². The fraction of sp³-hybridized carbons (Fsp3) is 0.0323. The Kier molecular flexibility index (Phi) is 8.70. The van der Waals surface area contributed by atoms with Gasteiger partial charge in [-0.05, 0) is 100 Å². The number of fused-ring (bicyclic) bond motifs is 1. The molecule has 204 valence electrons. The van der Waals surface area contributed by atoms with Gasteiger partial charge in [-0.15, -0.1) is 0 Å². The molecule has 0 saturated carbocycles. The summed E-state index contributed by atoms with van der Waals surface area (Å²) in [6.07, 6.45) is 2.95. The third kappa shape index (κ3) is 7.17. The van der Waals surface area contributed by atoms with Gasteiger partial charge in [-0.1, -0.05) is 36.4 Å². The molecule has 1 aliphatic rings. The second-order valence-corrected chi connectivity index (χ2v) is 9.79. The fourth-order valence-electron chi connectivity index (χ4n) is 3.75. The predicted molar refractivity (Wildman–Crippen MR) is 161 cm³/mol. The van der Waals surface area contributed by atoms with Crippen LogP contribution >= 0.6 is 22.6 Å². The largest absolute Gasteiger partial charge is 0.454 e. The van der Waals surface area contributed by atoms with Gasteiger partial charge in [-0.2, -0.15) is 5.10 Å². The lowest BCUT2D eigenvalue weighted by Gasteiger charge is -2.09. The van der Waals surface area contributed by atoms with Gasteiger partial charge in [0.05, 0.1) is 11.8 Å². The summed E-state index contributed by atoms with van der Waals surface area (Å²) in [4.78, 5) is 38.3. The Morgan fingerprint density at radius 3 is 2.32 bits per heavy atom. The lowest BCUT2D eigenvalue weighted by Crippen LogP contribution is -2.32. The summed E-state index contributed by atoms with van der Waals surface area (Å²) in [6, 6.07) is 27.5. The van der Waals surface area contributed by atoms with Gasteiger partial charge in [0.15, 0.2) is 11.5 Å². The van der Waals surface area contributed by atoms with Crippen LogP contribution in [0.4, 0.5) is 0 Å². The van der Waals surface area contributed by atoms with Crippen LogP contribution in [0, 0.1) is 3.57 Å². The molecule has 0 aromatic heterocycles. The maximum atomic E-state index is 13.1. The zero-order valence-corrected chi connectivity index (χ0v) is 23.5. The van der Waals surface area contributed by atoms with E-state index in [1.807, 2.05) is 12.1 Å². The van der Waals surface area contributed by atoms with Crippen LogP contribution < -0.4 is 25.0 Å². The van der Waals surface area contributed by atoms with Crippen LogP contribution in [0.15, 0.2) is 108 Å². The van der Waals surface area contributed by atoms with Crippen molar-refractivity contribution >= 4 is 52.7 Å². The lowest BCUT2D eigenvalue weighted by molar-refractivity contribution is -0.117. The number of hydrogen-bond donors (Lipinski definition) is 2. The number of ether oxygens (including phenoxy) is 3. The van der Waals surface area contributed by atoms with Gasteiger partial charge in [-0.25, -0.2) is 10.2 Å². The molecular weight excluding hydrogens is 637 g/mol. The van der Waals surface area contributed by atoms with Crippen molar-refractivity contribution in [2.45, 2.75) is 0 Å². The van der Waals surface area contributed by atoms with Crippen LogP contribution in [-0.4, -0.2) is 30.8 Å². The summed E-state index contributed by atoms with van der Waals surface area (Å²) < 4.78 is 17.0. The van der Waals surface area contributed by atoms with Crippen LogP contribution in [-0.2, 0) is 4.79 Å². The molecule has 2 N–H and O–H groups in total. The van der Waals surface area contributed by atoms with Crippen molar-refractivity contribution in [3.8, 4) is 17.2 Å². The summed E-state index contributed by atoms with van der Waals surface area (Å²) >= 11 is 2.08. The van der Waals surface area contributed by atoms with Gasteiger partial charge in [0.25, 0.3) is 11.8 Å². The number of hydrazone groups is 1. The van der Waals surface area contributed by atoms with Crippen molar-refractivity contribution in [2.75, 3.05) is 6.79 Å². The SMILES string of the molecule is O=C(NN=Cc1ccc(OC(=O)c2ccccc2I)cc1)C(=Cc1ccc2c(c1)OCO2)NC(=O)c1ccccc1. The highest BCUT2D eigenvalue weighted by Gasteiger charge is 2.17. The second kappa shape index (κ2) is 12.9. The Morgan fingerprint density at radius 1 is 0.829 bits per heavy atom. The average molecular weight is 659 g/mol. The molecule has 0 radical (unpaired) electrons. The fourth-order valence-corrected chi connectivity index (χ4v) is 4.36. The molecule has 0 bridgehead atoms. The Balaban J connectivity index is 1.26. The number of carbonyl (C=O) groups excluding carboxylic acids is 3. The van der Waals surface area contributed by atoms with E-state index in [2.05, 4.69) is 38.4 Å². The first kappa shape index (κ1) is 27.6. The summed E-state index contributed by atoms with van der Waals surface area (Å²) in [7, 11) is 0. The molecule has 0 unspecified atom stereocenters. The molecule has 4 aromatic rings. The third-order valence-electron chi connectivity index (χ3n) is 5.80. The molecule has 0 atom stereocenters. The van der Waals surface area contributed by atoms with Gasteiger partial charge < -0.3 is 19.5 Å². The van der Waals surface area contributed by atoms with E-state index in [0.29, 0.717) is 39.5 Å². The molecule has 5 rings (SSSR count). The topological polar surface area (TPSA) is 115 Å². The molecule has 41 heavy (non-hydrogen) atoms. The molecule has 1 heterocycles. The number of halogens is 1. The van der Waals surface area contributed by atoms with Crippen LogP contribution in [0.1, 0.15) is 31.8 Å². The first-order valence-electron chi connectivity index (χ1n) is 12.3. The Labute approximate surface area is 249 Å². The van der Waals surface area contributed by atoms with Crippen molar-refractivity contribution in [2.24, 2.45) is 5.10 Å². The maximum Gasteiger partial charge on any atom is 0.344 e. The number of rotatable bonds is 8. The van der Waals surface area contributed by atoms with E-state index in [-0.39, 0.29) is 12.5 Å². The van der Waals surface area contributed by atoms with Gasteiger partial charge >= 0.3 is 5.97 Å². The highest BCUT2D eigenvalue weighted by molar-refractivity contribution is 14.1. The highest BCUT2D eigenvalue weighted by Crippen LogP contribution is 2.33. The molecule has 4 aromatic carbocycles. The molecule has 1 aliphatic heterocycles. The zero-order chi connectivity index (χ0) is 28.6. The number of carbonyl (C=O) groups is 3. The number of hydrogen-bond acceptors (Lipinski definition) is 7. The number of amides is 2. The highest BCUT2D eigenvalue weighted by atomic mass is 127. The van der Waals surface area contributed by atoms with Gasteiger partial charge in [0, 0.05) is 9.13 Å². The van der Waals surface area contributed by atoms with Crippen LogP contribution in [0.3, 0.4) is 0 Å². The van der Waals surface area contributed by atoms with Crippen molar-refractivity contribution in [3.05, 3.63) is 129 Å². The van der Waals surface area contributed by atoms with Crippen LogP contribution in [0.2, 0.25) is 0 Å². The standard InChI is InChI=1S/C31H22IN3O6/c32-25-9-5-4-8-24(25)31(38)41-23-13-10-20(11-14-23)18-33-35-30(37)26(34-29(36)22-6-2-1-3-7-22)16-21-12-15-27-28(17-21)40-19-39-27/h1-18H,19H2,(H,34,36)(H,35,37). The molecule has 9 nitrogen and oxygen atoms in total. The first-order valence-corrected chi connectivity index (χ1v) is 13.4. The summed E-state index contributed by atoms with van der Waals surface area (Å²) in [5.74, 6) is -0.0325. The Morgan fingerprint density at radius 2 is 1.54 bits per heavy atom. The monoisotopic (exact) mass is 659 g/mol. The minimum Gasteiger partial charge on any atom is -0.454 e. The van der Waals surface area contributed by atoms with Crippen molar-refractivity contribution < 1.29 is 28.6 Å². The predicted octanol–water partition coefficient (Wildman–Crippen LogP) is 5.16. The Bertz CT molecular complexity index is 1650. The third-order valence-corrected chi connectivity index (χ3v) is 6.74. The van der Waals surface area contributed by atoms with Gasteiger partial charge in [-0.3, -0.25) is 9.59 Å². The van der Waals surface area contributed by atoms with E-state index in [9.17, 15) is 14.4 Å². The maximum absolute atomic E-state index is 13.1. The lowest BCUT2D eigenvalue weighted by atomic mass is 10.1. The Hall–Kier alpha value is -4.97.